The zero-order valence-electron chi connectivity index (χ0n) is 42.5. The predicted molar refractivity (Wildman–Crippen MR) is 296 cm³/mol. The highest BCUT2D eigenvalue weighted by atomic mass is 16.5. The van der Waals surface area contributed by atoms with E-state index >= 15 is 0 Å². The molecule has 0 aliphatic rings. The van der Waals surface area contributed by atoms with Crippen LogP contribution in [0.2, 0.25) is 0 Å². The molecular formula is C62H42N2O14. The number of furan rings is 2. The van der Waals surface area contributed by atoms with Crippen LogP contribution in [-0.2, 0) is 7.05 Å². The lowest BCUT2D eigenvalue weighted by Crippen LogP contribution is -2.23. The highest BCUT2D eigenvalue weighted by Gasteiger charge is 2.33. The molecular weight excluding hydrogens is 997 g/mol. The van der Waals surface area contributed by atoms with Gasteiger partial charge in [0.15, 0.2) is 23.0 Å². The summed E-state index contributed by atoms with van der Waals surface area (Å²) >= 11 is 0. The summed E-state index contributed by atoms with van der Waals surface area (Å²) in [6.45, 7) is 9.60. The summed E-state index contributed by atoms with van der Waals surface area (Å²) < 4.78 is 35.6. The molecule has 4 aromatic heterocycles. The number of hydrogen-bond acceptors (Lipinski definition) is 14. The van der Waals surface area contributed by atoms with Crippen LogP contribution in [0.25, 0.3) is 59.9 Å². The molecule has 0 N–H and O–H groups in total. The summed E-state index contributed by atoms with van der Waals surface area (Å²) in [5.74, 6) is 0.327. The summed E-state index contributed by atoms with van der Waals surface area (Å²) in [4.78, 5) is 106. The van der Waals surface area contributed by atoms with Gasteiger partial charge in [0, 0.05) is 7.05 Å². The minimum atomic E-state index is -1.02. The molecule has 0 atom stereocenters. The topological polar surface area (TPSA) is 210 Å². The van der Waals surface area contributed by atoms with Gasteiger partial charge in [-0.1, -0.05) is 113 Å². The normalized spacial score (nSPS) is 11.4. The Morgan fingerprint density at radius 3 is 0.808 bits per heavy atom. The van der Waals surface area contributed by atoms with Crippen molar-refractivity contribution in [1.82, 2.24) is 9.13 Å². The Hall–Kier alpha value is -10.5. The maximum Gasteiger partial charge on any atom is 0.350 e. The van der Waals surface area contributed by atoms with Crippen molar-refractivity contribution >= 4 is 43.1 Å². The van der Waals surface area contributed by atoms with Crippen molar-refractivity contribution in [2.24, 2.45) is 7.05 Å². The van der Waals surface area contributed by atoms with Gasteiger partial charge >= 0.3 is 22.5 Å². The zero-order chi connectivity index (χ0) is 54.8. The Bertz CT molecular complexity index is 4470. The molecule has 0 spiro atoms. The van der Waals surface area contributed by atoms with Crippen LogP contribution in [0.1, 0.15) is 27.8 Å². The molecule has 0 bridgehead atoms. The molecule has 384 valence electrons. The van der Waals surface area contributed by atoms with E-state index in [1.807, 2.05) is 95.3 Å². The van der Waals surface area contributed by atoms with E-state index in [0.717, 1.165) is 48.1 Å². The molecule has 0 radical (unpaired) electrons. The molecule has 0 saturated carbocycles. The van der Waals surface area contributed by atoms with Gasteiger partial charge in [-0.15, -0.1) is 0 Å². The number of aryl methyl sites for hydroxylation is 5. The monoisotopic (exact) mass is 1040 g/mol. The number of benzene rings is 8. The second kappa shape index (κ2) is 19.3. The Labute approximate surface area is 439 Å². The van der Waals surface area contributed by atoms with Crippen molar-refractivity contribution < 1.29 is 27.8 Å². The standard InChI is InChI=1S/C38H28N2O6.C24H14O8/c1-21-5-11-24(12-6-21)25-13-15-26(16-14-25)40-37(43)31-32(38(40)44)34(46-28-19-9-23(3)10-20-28)30-29(35(41)39(4)36(30)42)33(31)45-27-17-7-22(2)8-18-27;1-11-3-7-13(8-4-11)29-19-15-17(23(27)31-21(15)25)20(18-16(19)22(26)32-24(18)28)30-14-9-5-12(2)6-10-14/h5-20H,1-4H3;3-10H,1-2H3. The van der Waals surface area contributed by atoms with E-state index in [1.54, 1.807) is 84.9 Å². The molecule has 0 aliphatic heterocycles. The fraction of sp³-hybridized carbons (Fsp3) is 0.0968. The van der Waals surface area contributed by atoms with Crippen molar-refractivity contribution in [2.75, 3.05) is 0 Å². The van der Waals surface area contributed by atoms with Crippen molar-refractivity contribution in [3.63, 3.8) is 0 Å². The first-order valence-electron chi connectivity index (χ1n) is 24.3. The van der Waals surface area contributed by atoms with Crippen molar-refractivity contribution in [3.8, 4) is 62.8 Å². The quantitative estimate of drug-likeness (QED) is 0.125. The van der Waals surface area contributed by atoms with Crippen LogP contribution in [0.4, 0.5) is 0 Å². The number of aromatic nitrogens is 2. The molecule has 0 unspecified atom stereocenters. The molecule has 0 fully saturated rings. The predicted octanol–water partition coefficient (Wildman–Crippen LogP) is 10.3. The first kappa shape index (κ1) is 49.7. The number of fused-ring (bicyclic) bond motifs is 4. The Balaban J connectivity index is 0.000000177. The molecule has 0 amide bonds. The van der Waals surface area contributed by atoms with E-state index in [1.165, 1.54) is 7.05 Å². The van der Waals surface area contributed by atoms with Crippen LogP contribution in [-0.4, -0.2) is 9.13 Å². The molecule has 16 heteroatoms. The van der Waals surface area contributed by atoms with Gasteiger partial charge in [-0.2, -0.15) is 0 Å². The third-order valence-corrected chi connectivity index (χ3v) is 13.3. The number of rotatable bonds is 10. The third-order valence-electron chi connectivity index (χ3n) is 13.3. The molecule has 16 nitrogen and oxygen atoms in total. The van der Waals surface area contributed by atoms with Gasteiger partial charge in [0.1, 0.15) is 66.1 Å². The fourth-order valence-electron chi connectivity index (χ4n) is 9.21. The van der Waals surface area contributed by atoms with Gasteiger partial charge in [0.25, 0.3) is 22.2 Å². The Morgan fingerprint density at radius 2 is 0.526 bits per heavy atom. The molecule has 8 aromatic carbocycles. The SMILES string of the molecule is Cc1ccc(Oc2c3c(=O)n(C)c(=O)c3c(Oc3ccc(C)cc3)c3c(=O)n(-c4ccc(-c5ccc(C)cc5)cc4)c(=O)c23)cc1.Cc1ccc(Oc2c3c(=O)oc(=O)c3c(Oc3ccc(C)cc3)c3c(=O)oc(=O)c23)cc1. The van der Waals surface area contributed by atoms with E-state index in [4.69, 9.17) is 27.8 Å². The van der Waals surface area contributed by atoms with Gasteiger partial charge < -0.3 is 27.8 Å². The van der Waals surface area contributed by atoms with E-state index in [2.05, 4.69) is 0 Å². The average molecular weight is 1040 g/mol. The first-order chi connectivity index (χ1) is 37.4. The lowest BCUT2D eigenvalue weighted by atomic mass is 10.0. The Morgan fingerprint density at radius 1 is 0.295 bits per heavy atom. The molecule has 12 aromatic rings. The first-order valence-corrected chi connectivity index (χ1v) is 24.3. The minimum Gasteiger partial charge on any atom is -0.456 e. The van der Waals surface area contributed by atoms with Crippen LogP contribution >= 0.6 is 0 Å². The van der Waals surface area contributed by atoms with Crippen LogP contribution in [0, 0.1) is 34.6 Å². The lowest BCUT2D eigenvalue weighted by Gasteiger charge is -2.12. The van der Waals surface area contributed by atoms with Crippen molar-refractivity contribution in [3.05, 3.63) is 257 Å². The lowest BCUT2D eigenvalue weighted by molar-refractivity contribution is 0.475. The van der Waals surface area contributed by atoms with Gasteiger partial charge in [0.2, 0.25) is 0 Å². The summed E-state index contributed by atoms with van der Waals surface area (Å²) in [7, 11) is 1.34. The summed E-state index contributed by atoms with van der Waals surface area (Å²) in [6.07, 6.45) is 0. The number of hydrogen-bond donors (Lipinski definition) is 0. The average Bonchev–Trinajstić information content (AvgIpc) is 4.25. The van der Waals surface area contributed by atoms with E-state index in [9.17, 15) is 38.4 Å². The summed E-state index contributed by atoms with van der Waals surface area (Å²) in [5, 5.41) is -1.77. The molecule has 78 heavy (non-hydrogen) atoms. The van der Waals surface area contributed by atoms with Gasteiger partial charge in [-0.3, -0.25) is 23.7 Å². The minimum absolute atomic E-state index is 0.133. The molecule has 0 aliphatic carbocycles. The second-order valence-electron chi connectivity index (χ2n) is 18.9. The smallest absolute Gasteiger partial charge is 0.350 e. The molecule has 4 heterocycles. The third kappa shape index (κ3) is 8.66. The largest absolute Gasteiger partial charge is 0.456 e. The number of nitrogens with zero attached hydrogens (tertiary/aromatic N) is 2. The van der Waals surface area contributed by atoms with Gasteiger partial charge in [0.05, 0.1) is 5.69 Å². The zero-order valence-corrected chi connectivity index (χ0v) is 42.5. The molecule has 12 rings (SSSR count). The summed E-state index contributed by atoms with van der Waals surface area (Å²) in [6, 6.07) is 42.6. The highest BCUT2D eigenvalue weighted by Crippen LogP contribution is 2.43. The second-order valence-corrected chi connectivity index (χ2v) is 18.9. The fourth-order valence-corrected chi connectivity index (χ4v) is 9.21. The highest BCUT2D eigenvalue weighted by molar-refractivity contribution is 6.12. The number of ether oxygens (including phenoxy) is 4. The van der Waals surface area contributed by atoms with Crippen LogP contribution in [0.3, 0.4) is 0 Å². The van der Waals surface area contributed by atoms with E-state index < -0.39 is 44.7 Å². The maximum atomic E-state index is 14.3. The Kier molecular flexibility index (Phi) is 12.3. The molecule has 0 saturated heterocycles. The van der Waals surface area contributed by atoms with E-state index in [0.29, 0.717) is 17.2 Å². The van der Waals surface area contributed by atoms with E-state index in [-0.39, 0.29) is 77.6 Å². The van der Waals surface area contributed by atoms with Gasteiger partial charge in [-0.25, -0.2) is 23.7 Å². The van der Waals surface area contributed by atoms with Gasteiger partial charge in [-0.05, 0) is 106 Å². The van der Waals surface area contributed by atoms with Crippen molar-refractivity contribution in [1.29, 1.82) is 0 Å². The maximum absolute atomic E-state index is 14.3. The van der Waals surface area contributed by atoms with Crippen molar-refractivity contribution in [2.45, 2.75) is 34.6 Å². The van der Waals surface area contributed by atoms with Crippen LogP contribution in [0.5, 0.6) is 46.0 Å². The summed E-state index contributed by atoms with van der Waals surface area (Å²) in [5.41, 5.74) is 0.409. The van der Waals surface area contributed by atoms with Crippen LogP contribution < -0.4 is 63.7 Å². The van der Waals surface area contributed by atoms with Crippen LogP contribution in [0.15, 0.2) is 193 Å².